The van der Waals surface area contributed by atoms with Crippen molar-refractivity contribution in [1.29, 1.82) is 0 Å². The van der Waals surface area contributed by atoms with Crippen molar-refractivity contribution in [1.82, 2.24) is 0 Å². The molecule has 11 aromatic rings. The van der Waals surface area contributed by atoms with Crippen LogP contribution in [0.3, 0.4) is 0 Å². The Bertz CT molecular complexity index is 4640. The lowest BCUT2D eigenvalue weighted by Crippen LogP contribution is -2.02. The fourth-order valence-electron chi connectivity index (χ4n) is 10.9. The fourth-order valence-corrected chi connectivity index (χ4v) is 10.9. The van der Waals surface area contributed by atoms with Gasteiger partial charge in [0, 0.05) is 78.0 Å². The first-order valence-corrected chi connectivity index (χ1v) is 28.1. The molecule has 0 heterocycles. The van der Waals surface area contributed by atoms with Crippen LogP contribution < -0.4 is 4.74 Å². The van der Waals surface area contributed by atoms with E-state index in [-0.39, 0.29) is 11.6 Å². The number of rotatable bonds is 10. The number of benzene rings is 11. The van der Waals surface area contributed by atoms with E-state index in [2.05, 4.69) is 59.8 Å². The lowest BCUT2D eigenvalue weighted by atomic mass is 9.88. The normalized spacial score (nSPS) is 12.8. The predicted octanol–water partition coefficient (Wildman–Crippen LogP) is 17.9. The summed E-state index contributed by atoms with van der Waals surface area (Å²) in [7, 11) is 0. The first-order chi connectivity index (χ1) is 42.0. The fraction of sp³-hybridized carbons (Fsp3) is 0. The third-order valence-electron chi connectivity index (χ3n) is 15.0. The zero-order chi connectivity index (χ0) is 57.3. The van der Waals surface area contributed by atoms with Crippen LogP contribution in [0.25, 0.3) is 44.6 Å². The first kappa shape index (κ1) is 52.6. The summed E-state index contributed by atoms with van der Waals surface area (Å²) in [6.45, 7) is 0. The highest BCUT2D eigenvalue weighted by Gasteiger charge is 2.37. The van der Waals surface area contributed by atoms with Gasteiger partial charge >= 0.3 is 0 Å². The van der Waals surface area contributed by atoms with Crippen LogP contribution in [0, 0.1) is 35.5 Å². The van der Waals surface area contributed by atoms with Crippen LogP contribution in [0.2, 0.25) is 0 Å². The average Bonchev–Trinajstić information content (AvgIpc) is 1.78. The number of ether oxygens (including phenoxy) is 1. The topological polar surface area (TPSA) is 43.4 Å². The summed E-state index contributed by atoms with van der Waals surface area (Å²) in [5.41, 5.74) is 18.0. The molecule has 0 aliphatic heterocycles. The van der Waals surface area contributed by atoms with Crippen LogP contribution in [-0.2, 0) is 9.59 Å². The van der Waals surface area contributed by atoms with Gasteiger partial charge in [0.05, 0.1) is 0 Å². The molecule has 0 bridgehead atoms. The summed E-state index contributed by atoms with van der Waals surface area (Å²) in [5, 5.41) is 0. The second kappa shape index (κ2) is 24.1. The maximum atomic E-state index is 15.4. The molecule has 0 unspecified atom stereocenters. The smallest absolute Gasteiger partial charge is 0.195 e. The zero-order valence-corrected chi connectivity index (χ0v) is 46.1. The second-order valence-corrected chi connectivity index (χ2v) is 20.5. The Morgan fingerprint density at radius 2 is 0.353 bits per heavy atom. The summed E-state index contributed by atoms with van der Waals surface area (Å²) in [5.74, 6) is 20.9. The Hall–Kier alpha value is -11.8. The van der Waals surface area contributed by atoms with Crippen LogP contribution in [-0.4, -0.2) is 11.6 Å². The molecular formula is C82H50O3. The number of ketones is 2. The molecule has 0 spiro atoms. The minimum absolute atomic E-state index is 0.0396. The van der Waals surface area contributed by atoms with Crippen LogP contribution in [0.1, 0.15) is 77.9 Å². The minimum atomic E-state index is -0.0683. The van der Waals surface area contributed by atoms with Crippen molar-refractivity contribution in [2.45, 2.75) is 0 Å². The maximum absolute atomic E-state index is 15.4. The third-order valence-corrected chi connectivity index (χ3v) is 15.0. The molecule has 13 rings (SSSR count). The van der Waals surface area contributed by atoms with Crippen molar-refractivity contribution in [3.8, 4) is 47.0 Å². The Labute approximate surface area is 496 Å². The summed E-state index contributed by atoms with van der Waals surface area (Å²) in [6.07, 6.45) is 0. The van der Waals surface area contributed by atoms with Gasteiger partial charge in [-0.2, -0.15) is 0 Å². The number of carbonyl (C=O) groups is 2. The standard InChI is InChI=1S/C82H50O3/c83-81-77(63-25-13-4-14-26-63)73(66-43-37-60(38-44-66)34-31-57-19-7-1-8-20-57)75(79(81)65-29-17-6-18-30-65)68-49-53-71(54-50-68)85-72-55-51-69(52-56-72)76-74(67-45-39-61(40-46-67)35-32-58-21-9-2-10-22-58)78(64-27-15-5-16-28-64)82(84)80(76)70-47-41-62(42-48-70)36-33-59-23-11-3-12-24-59/h1-30,37-56H. The first-order valence-electron chi connectivity index (χ1n) is 28.1. The van der Waals surface area contributed by atoms with Gasteiger partial charge in [0.15, 0.2) is 11.6 Å². The van der Waals surface area contributed by atoms with Crippen molar-refractivity contribution in [2.75, 3.05) is 0 Å². The molecule has 0 amide bonds. The highest BCUT2D eigenvalue weighted by atomic mass is 16.5. The van der Waals surface area contributed by atoms with E-state index in [1.807, 2.05) is 279 Å². The van der Waals surface area contributed by atoms with E-state index in [9.17, 15) is 0 Å². The lowest BCUT2D eigenvalue weighted by molar-refractivity contribution is -0.109. The highest BCUT2D eigenvalue weighted by molar-refractivity contribution is 6.60. The van der Waals surface area contributed by atoms with Gasteiger partial charge in [0.1, 0.15) is 11.5 Å². The van der Waals surface area contributed by atoms with Gasteiger partial charge in [-0.1, -0.05) is 242 Å². The van der Waals surface area contributed by atoms with E-state index in [1.165, 1.54) is 0 Å². The largest absolute Gasteiger partial charge is 0.457 e. The van der Waals surface area contributed by atoms with E-state index in [0.717, 1.165) is 100 Å². The number of Topliss-reactive ketones (excluding diaryl/α,β-unsaturated/α-hetero) is 2. The van der Waals surface area contributed by atoms with E-state index in [0.29, 0.717) is 33.8 Å². The summed E-state index contributed by atoms with van der Waals surface area (Å²) < 4.78 is 6.66. The van der Waals surface area contributed by atoms with Crippen molar-refractivity contribution >= 4 is 56.2 Å². The molecule has 0 saturated heterocycles. The van der Waals surface area contributed by atoms with E-state index in [1.54, 1.807) is 0 Å². The summed E-state index contributed by atoms with van der Waals surface area (Å²) in [4.78, 5) is 30.5. The molecule has 0 saturated carbocycles. The molecule has 2 aliphatic rings. The van der Waals surface area contributed by atoms with E-state index in [4.69, 9.17) is 4.74 Å². The molecule has 396 valence electrons. The number of hydrogen-bond donors (Lipinski definition) is 0. The van der Waals surface area contributed by atoms with Gasteiger partial charge in [-0.15, -0.1) is 0 Å². The predicted molar refractivity (Wildman–Crippen MR) is 346 cm³/mol. The molecule has 3 heteroatoms. The van der Waals surface area contributed by atoms with Gasteiger partial charge in [0.2, 0.25) is 0 Å². The molecule has 0 radical (unpaired) electrons. The molecule has 85 heavy (non-hydrogen) atoms. The second-order valence-electron chi connectivity index (χ2n) is 20.5. The Morgan fingerprint density at radius 3 is 0.588 bits per heavy atom. The molecule has 0 N–H and O–H groups in total. The molecule has 3 nitrogen and oxygen atoms in total. The number of hydrogen-bond acceptors (Lipinski definition) is 3. The van der Waals surface area contributed by atoms with Crippen molar-refractivity contribution < 1.29 is 14.3 Å². The monoisotopic (exact) mass is 1080 g/mol. The van der Waals surface area contributed by atoms with E-state index >= 15 is 9.59 Å². The quantitative estimate of drug-likeness (QED) is 0.128. The Morgan fingerprint density at radius 1 is 0.176 bits per heavy atom. The molecule has 0 fully saturated rings. The average molecular weight is 1080 g/mol. The van der Waals surface area contributed by atoms with Crippen molar-refractivity contribution in [3.05, 3.63) is 381 Å². The van der Waals surface area contributed by atoms with Crippen LogP contribution in [0.15, 0.2) is 303 Å². The summed E-state index contributed by atoms with van der Waals surface area (Å²) in [6, 6.07) is 99.8. The van der Waals surface area contributed by atoms with Gasteiger partial charge < -0.3 is 4.74 Å². The molecular weight excluding hydrogens is 1030 g/mol. The lowest BCUT2D eigenvalue weighted by Gasteiger charge is -2.15. The summed E-state index contributed by atoms with van der Waals surface area (Å²) >= 11 is 0. The Kier molecular flexibility index (Phi) is 14.9. The van der Waals surface area contributed by atoms with Crippen molar-refractivity contribution in [2.24, 2.45) is 0 Å². The van der Waals surface area contributed by atoms with Gasteiger partial charge in [0.25, 0.3) is 0 Å². The maximum Gasteiger partial charge on any atom is 0.195 e. The van der Waals surface area contributed by atoms with Crippen LogP contribution in [0.5, 0.6) is 11.5 Å². The molecule has 11 aromatic carbocycles. The van der Waals surface area contributed by atoms with Gasteiger partial charge in [-0.3, -0.25) is 9.59 Å². The van der Waals surface area contributed by atoms with Gasteiger partial charge in [-0.25, -0.2) is 0 Å². The van der Waals surface area contributed by atoms with Crippen LogP contribution in [0.4, 0.5) is 0 Å². The number of allylic oxidation sites excluding steroid dienone is 8. The van der Waals surface area contributed by atoms with Crippen LogP contribution >= 0.6 is 0 Å². The highest BCUT2D eigenvalue weighted by Crippen LogP contribution is 2.52. The van der Waals surface area contributed by atoms with E-state index < -0.39 is 0 Å². The molecule has 0 atom stereocenters. The molecule has 0 aromatic heterocycles. The third kappa shape index (κ3) is 11.3. The van der Waals surface area contributed by atoms with Gasteiger partial charge in [-0.05, 0) is 142 Å². The minimum Gasteiger partial charge on any atom is -0.457 e. The zero-order valence-electron chi connectivity index (χ0n) is 46.1. The Balaban J connectivity index is 0.867. The molecule has 2 aliphatic carbocycles. The SMILES string of the molecule is O=C1C(c2ccccc2)=C(c2ccc(C#Cc3ccccc3)cc2)C(c2ccc(Oc3ccc(C4=C(c5ccc(C#Cc6ccccc6)cc5)C(=O)C(c5ccccc5)=C4c4ccc(C#Cc5ccccc5)cc4)cc3)cc2)=C1c1ccccc1. The van der Waals surface area contributed by atoms with Crippen molar-refractivity contribution in [3.63, 3.8) is 0 Å². The number of carbonyl (C=O) groups excluding carboxylic acids is 2.